The molecule has 1 aliphatic rings. The van der Waals surface area contributed by atoms with Crippen molar-refractivity contribution in [1.29, 1.82) is 1.45 Å². The van der Waals surface area contributed by atoms with Gasteiger partial charge < -0.3 is 0 Å². The van der Waals surface area contributed by atoms with Crippen molar-refractivity contribution < 1.29 is 9.51 Å². The third-order valence-electron chi connectivity index (χ3n) is 7.75. The van der Waals surface area contributed by atoms with Crippen molar-refractivity contribution in [2.24, 2.45) is 4.99 Å². The van der Waals surface area contributed by atoms with E-state index in [9.17, 15) is 4.79 Å². The van der Waals surface area contributed by atoms with Gasteiger partial charge in [-0.2, -0.15) is 0 Å². The van der Waals surface area contributed by atoms with E-state index in [1.165, 1.54) is 55.3 Å². The van der Waals surface area contributed by atoms with Gasteiger partial charge in [-0.25, -0.2) is 0 Å². The molecule has 2 atom stereocenters. The van der Waals surface area contributed by atoms with Crippen LogP contribution in [0.4, 0.5) is 4.72 Å². The Bertz CT molecular complexity index is 1400. The van der Waals surface area contributed by atoms with E-state index >= 15 is 0 Å². The topological polar surface area (TPSA) is 29.4 Å². The number of ketones is 1. The molecule has 5 heteroatoms. The Morgan fingerprint density at radius 3 is 2.22 bits per heavy atom. The summed E-state index contributed by atoms with van der Waals surface area (Å²) in [7, 11) is 0. The van der Waals surface area contributed by atoms with Crippen molar-refractivity contribution in [1.82, 2.24) is 0 Å². The molecule has 2 aromatic heterocycles. The Hall–Kier alpha value is -2.89. The van der Waals surface area contributed by atoms with Crippen LogP contribution in [0.1, 0.15) is 114 Å². The van der Waals surface area contributed by atoms with E-state index in [1.807, 2.05) is 17.5 Å². The number of halogens is 1. The number of benzene rings is 2. The van der Waals surface area contributed by atoms with Crippen LogP contribution in [0, 0.1) is 13.8 Å². The molecule has 1 aliphatic heterocycles. The zero-order valence-corrected chi connectivity index (χ0v) is 26.0. The molecule has 2 unspecified atom stereocenters. The van der Waals surface area contributed by atoms with Crippen molar-refractivity contribution in [2.45, 2.75) is 92.5 Å². The van der Waals surface area contributed by atoms with Gasteiger partial charge in [-0.15, -0.1) is 22.7 Å². The highest BCUT2D eigenvalue weighted by atomic mass is 32.1. The van der Waals surface area contributed by atoms with Gasteiger partial charge in [0.1, 0.15) is 0 Å². The molecule has 0 saturated carbocycles. The standard InChI is InChI=1S/C18H22OS.C17H19NS.CH4.FH/c1-4-15-8-9-16(14(3)12-15)13(2)7-10-17(19)18-6-5-11-20-18;1-3-13-6-7-14(12(2)11-13)15-8-9-16(18-15)17-5-4-10-19-17;;/h5-6,8-9,11-13H,4,7,10H2,1-3H3;4-7,10-11,15H,3,8-9H2,1-2H3;1H4;1H/i/hT. The fourth-order valence-electron chi connectivity index (χ4n) is 5.35. The highest BCUT2D eigenvalue weighted by molar-refractivity contribution is 7.12. The summed E-state index contributed by atoms with van der Waals surface area (Å²) in [6.07, 6.45) is 6.00. The fraction of sp³-hybridized carbons (Fsp3) is 0.389. The van der Waals surface area contributed by atoms with Crippen molar-refractivity contribution in [3.8, 4) is 0 Å². The molecule has 0 saturated heterocycles. The van der Waals surface area contributed by atoms with Crippen LogP contribution in [0.25, 0.3) is 0 Å². The maximum atomic E-state index is 12.0. The maximum absolute atomic E-state index is 12.0. The number of hydrogen-bond donors (Lipinski definition) is 0. The first-order valence-electron chi connectivity index (χ1n) is 14.6. The lowest BCUT2D eigenvalue weighted by atomic mass is 9.90. The van der Waals surface area contributed by atoms with Gasteiger partial charge in [-0.05, 0) is 108 Å². The van der Waals surface area contributed by atoms with Crippen molar-refractivity contribution in [2.75, 3.05) is 0 Å². The van der Waals surface area contributed by atoms with Gasteiger partial charge >= 0.3 is 0 Å². The average molecular weight is 594 g/mol. The Kier molecular flexibility index (Phi) is 13.1. The third kappa shape index (κ3) is 9.05. The van der Waals surface area contributed by atoms with Crippen LogP contribution < -0.4 is 0 Å². The van der Waals surface area contributed by atoms with Gasteiger partial charge in [0.15, 0.2) is 5.78 Å². The van der Waals surface area contributed by atoms with Crippen LogP contribution in [0.15, 0.2) is 76.4 Å². The zero-order valence-electron chi connectivity index (χ0n) is 25.4. The highest BCUT2D eigenvalue weighted by Gasteiger charge is 2.22. The molecule has 0 bridgehead atoms. The van der Waals surface area contributed by atoms with Gasteiger partial charge in [0.2, 0.25) is 0 Å². The largest absolute Gasteiger partial charge is 0.293 e. The Balaban J connectivity index is 0.000000271. The molecule has 4 aromatic rings. The first-order chi connectivity index (χ1) is 19.9. The van der Waals surface area contributed by atoms with Crippen LogP contribution in [0.3, 0.4) is 0 Å². The summed E-state index contributed by atoms with van der Waals surface area (Å²) < 4.78 is 13.0. The van der Waals surface area contributed by atoms with E-state index < -0.39 is 0 Å². The molecule has 0 fully saturated rings. The lowest BCUT2D eigenvalue weighted by molar-refractivity contribution is 0.0982. The number of nitrogens with zero attached hydrogens (tertiary/aromatic N) is 1. The molecular weight excluding hydrogens is 546 g/mol. The molecule has 5 rings (SSSR count). The first-order valence-corrected chi connectivity index (χ1v) is 16.0. The molecule has 41 heavy (non-hydrogen) atoms. The predicted octanol–water partition coefficient (Wildman–Crippen LogP) is 11.1. The Morgan fingerprint density at radius 2 is 1.63 bits per heavy atom. The SMILES string of the molecule is C.CCc1ccc(C(C)CCC(=O)c2cccs2)c(C)c1.CCc1ccc(C2CCC(c3cccs3)=N2)c(C)c1.[3H]F. The van der Waals surface area contributed by atoms with Crippen molar-refractivity contribution >= 4 is 34.2 Å². The summed E-state index contributed by atoms with van der Waals surface area (Å²) in [4.78, 5) is 19.2. The second-order valence-electron chi connectivity index (χ2n) is 10.5. The summed E-state index contributed by atoms with van der Waals surface area (Å²) in [5.74, 6) is 0.708. The highest BCUT2D eigenvalue weighted by Crippen LogP contribution is 2.34. The molecule has 0 radical (unpaired) electrons. The summed E-state index contributed by atoms with van der Waals surface area (Å²) in [5, 5.41) is 4.09. The third-order valence-corrected chi connectivity index (χ3v) is 9.58. The molecular formula is C36H46FNOS2. The number of aryl methyl sites for hydroxylation is 4. The number of Topliss-reactive ketones (excluding diaryl/α,β-unsaturated/α-hetero) is 1. The van der Waals surface area contributed by atoms with E-state index in [0.717, 1.165) is 37.0 Å². The fourth-order valence-corrected chi connectivity index (χ4v) is 6.80. The van der Waals surface area contributed by atoms with Crippen molar-refractivity contribution in [3.63, 3.8) is 0 Å². The second-order valence-corrected chi connectivity index (χ2v) is 12.4. The van der Waals surface area contributed by atoms with Crippen LogP contribution in [0.2, 0.25) is 0 Å². The summed E-state index contributed by atoms with van der Waals surface area (Å²) in [6.45, 7) is 11.0. The molecule has 220 valence electrons. The van der Waals surface area contributed by atoms with Gasteiger partial charge in [0.25, 0.3) is 1.45 Å². The summed E-state index contributed by atoms with van der Waals surface area (Å²) in [6, 6.07) is 22.1. The molecule has 2 nitrogen and oxygen atoms in total. The number of aliphatic imine (C=N–C) groups is 1. The normalized spacial score (nSPS) is 14.8. The van der Waals surface area contributed by atoms with Crippen molar-refractivity contribution in [3.05, 3.63) is 115 Å². The molecule has 0 N–H and O–H groups in total. The number of hydrogen-bond acceptors (Lipinski definition) is 4. The Morgan fingerprint density at radius 1 is 0.976 bits per heavy atom. The maximum Gasteiger partial charge on any atom is 0.269 e. The van der Waals surface area contributed by atoms with E-state index in [4.69, 9.17) is 9.71 Å². The average Bonchev–Trinajstić information content (AvgIpc) is 3.80. The van der Waals surface area contributed by atoms with E-state index in [0.29, 0.717) is 18.4 Å². The monoisotopic (exact) mass is 593 g/mol. The van der Waals surface area contributed by atoms with Crippen LogP contribution in [-0.2, 0) is 12.8 Å². The molecule has 0 spiro atoms. The van der Waals surface area contributed by atoms with Gasteiger partial charge in [0.05, 0.1) is 16.6 Å². The molecule has 0 amide bonds. The zero-order chi connectivity index (χ0) is 29.8. The smallest absolute Gasteiger partial charge is 0.269 e. The van der Waals surface area contributed by atoms with E-state index in [1.54, 1.807) is 11.3 Å². The lowest BCUT2D eigenvalue weighted by Crippen LogP contribution is -2.02. The number of rotatable bonds is 9. The quantitative estimate of drug-likeness (QED) is 0.178. The number of carbonyl (C=O) groups excluding carboxylic acids is 1. The number of thiophene rings is 2. The second kappa shape index (κ2) is 16.5. The van der Waals surface area contributed by atoms with Gasteiger partial charge in [0, 0.05) is 11.3 Å². The van der Waals surface area contributed by atoms with Gasteiger partial charge in [-0.1, -0.05) is 76.7 Å². The summed E-state index contributed by atoms with van der Waals surface area (Å²) in [5.41, 5.74) is 9.61. The Labute approximate surface area is 256 Å². The first kappa shape index (κ1) is 32.6. The minimum Gasteiger partial charge on any atom is -0.293 e. The van der Waals surface area contributed by atoms with Crippen LogP contribution in [0.5, 0.6) is 0 Å². The van der Waals surface area contributed by atoms with E-state index in [-0.39, 0.29) is 13.2 Å². The predicted molar refractivity (Wildman–Crippen MR) is 179 cm³/mol. The molecule has 0 aliphatic carbocycles. The minimum atomic E-state index is 0. The van der Waals surface area contributed by atoms with Crippen LogP contribution >= 0.6 is 22.7 Å². The van der Waals surface area contributed by atoms with Crippen LogP contribution in [-0.4, -0.2) is 12.9 Å². The number of carbonyl (C=O) groups is 1. The molecule has 2 aromatic carbocycles. The van der Waals surface area contributed by atoms with E-state index in [2.05, 4.69) is 90.0 Å². The minimum absolute atomic E-state index is 0. The molecule has 3 heterocycles. The lowest BCUT2D eigenvalue weighted by Gasteiger charge is -2.15. The summed E-state index contributed by atoms with van der Waals surface area (Å²) >= 11 is 3.33. The van der Waals surface area contributed by atoms with Gasteiger partial charge in [-0.3, -0.25) is 14.5 Å².